The van der Waals surface area contributed by atoms with Crippen LogP contribution >= 0.6 is 11.8 Å². The Kier molecular flexibility index (Phi) is 4.46. The number of rotatable bonds is 5. The second kappa shape index (κ2) is 6.92. The lowest BCUT2D eigenvalue weighted by Gasteiger charge is -2.10. The number of aromatic nitrogens is 4. The minimum Gasteiger partial charge on any atom is -0.276 e. The molecule has 0 saturated carbocycles. The first-order chi connectivity index (χ1) is 12.7. The van der Waals surface area contributed by atoms with Crippen molar-refractivity contribution in [2.75, 3.05) is 0 Å². The van der Waals surface area contributed by atoms with Crippen molar-refractivity contribution in [3.8, 4) is 0 Å². The monoisotopic (exact) mass is 368 g/mol. The molecule has 0 aliphatic rings. The summed E-state index contributed by atoms with van der Waals surface area (Å²) in [5, 5.41) is 9.56. The van der Waals surface area contributed by atoms with Crippen molar-refractivity contribution in [2.45, 2.75) is 30.8 Å². The van der Waals surface area contributed by atoms with Crippen molar-refractivity contribution >= 4 is 28.4 Å². The minimum atomic E-state index is -0.427. The van der Waals surface area contributed by atoms with Crippen LogP contribution < -0.4 is 5.56 Å². The summed E-state index contributed by atoms with van der Waals surface area (Å²) in [7, 11) is 0. The van der Waals surface area contributed by atoms with Crippen molar-refractivity contribution < 1.29 is 4.39 Å². The van der Waals surface area contributed by atoms with Crippen LogP contribution in [0.2, 0.25) is 0 Å². The first-order valence-electron chi connectivity index (χ1n) is 8.43. The molecule has 0 amide bonds. The van der Waals surface area contributed by atoms with Gasteiger partial charge in [-0.05, 0) is 30.2 Å². The van der Waals surface area contributed by atoms with Gasteiger partial charge in [0.25, 0.3) is 5.56 Å². The number of thioether (sulfide) groups is 1. The summed E-state index contributed by atoms with van der Waals surface area (Å²) in [5.41, 5.74) is 1.56. The highest BCUT2D eigenvalue weighted by molar-refractivity contribution is 7.98. The van der Waals surface area contributed by atoms with Crippen LogP contribution in [0.5, 0.6) is 0 Å². The molecule has 2 heterocycles. The maximum atomic E-state index is 13.7. The summed E-state index contributed by atoms with van der Waals surface area (Å²) >= 11 is 1.54. The first kappa shape index (κ1) is 16.8. The van der Waals surface area contributed by atoms with Crippen LogP contribution in [0.4, 0.5) is 4.39 Å². The van der Waals surface area contributed by atoms with E-state index >= 15 is 0 Å². The number of hydrogen-bond acceptors (Lipinski definition) is 4. The Morgan fingerprint density at radius 2 is 1.92 bits per heavy atom. The molecule has 4 aromatic rings. The maximum Gasteiger partial charge on any atom is 0.262 e. The van der Waals surface area contributed by atoms with E-state index in [2.05, 4.69) is 22.3 Å². The largest absolute Gasteiger partial charge is 0.276 e. The molecule has 132 valence electrons. The zero-order chi connectivity index (χ0) is 18.1. The molecule has 0 aliphatic heterocycles. The number of aryl methyl sites for hydroxylation is 1. The van der Waals surface area contributed by atoms with E-state index < -0.39 is 5.82 Å². The fourth-order valence-corrected chi connectivity index (χ4v) is 3.90. The van der Waals surface area contributed by atoms with Gasteiger partial charge in [0.1, 0.15) is 5.82 Å². The summed E-state index contributed by atoms with van der Waals surface area (Å²) in [6.07, 6.45) is 0.774. The Morgan fingerprint density at radius 3 is 2.69 bits per heavy atom. The standard InChI is InChI=1S/C19H17FN4OS/c1-2-10-23-17(25)15-11-14(20)8-9-16(15)24-18(23)21-22-19(24)26-12-13-6-4-3-5-7-13/h3-9,11H,2,10,12H2,1H3. The molecule has 0 atom stereocenters. The quantitative estimate of drug-likeness (QED) is 0.502. The van der Waals surface area contributed by atoms with E-state index in [0.29, 0.717) is 28.4 Å². The van der Waals surface area contributed by atoms with Gasteiger partial charge in [-0.15, -0.1) is 10.2 Å². The molecule has 0 fully saturated rings. The Labute approximate surface area is 153 Å². The lowest BCUT2D eigenvalue weighted by molar-refractivity contribution is 0.627. The van der Waals surface area contributed by atoms with E-state index in [1.54, 1.807) is 22.4 Å². The number of halogens is 1. The fourth-order valence-electron chi connectivity index (χ4n) is 3.00. The zero-order valence-electron chi connectivity index (χ0n) is 14.2. The Balaban J connectivity index is 1.90. The first-order valence-corrected chi connectivity index (χ1v) is 9.41. The summed E-state index contributed by atoms with van der Waals surface area (Å²) in [6.45, 7) is 2.50. The number of nitrogens with zero attached hydrogens (tertiary/aromatic N) is 4. The van der Waals surface area contributed by atoms with Crippen molar-refractivity contribution in [1.29, 1.82) is 0 Å². The number of hydrogen-bond donors (Lipinski definition) is 0. The third-order valence-electron chi connectivity index (χ3n) is 4.19. The van der Waals surface area contributed by atoms with Gasteiger partial charge in [0, 0.05) is 12.3 Å². The SMILES string of the molecule is CCCn1c(=O)c2cc(F)ccc2n2c(SCc3ccccc3)nnc12. The molecule has 7 heteroatoms. The van der Waals surface area contributed by atoms with Gasteiger partial charge in [-0.25, -0.2) is 4.39 Å². The highest BCUT2D eigenvalue weighted by Gasteiger charge is 2.17. The van der Waals surface area contributed by atoms with Crippen molar-refractivity contribution in [2.24, 2.45) is 0 Å². The Morgan fingerprint density at radius 1 is 1.12 bits per heavy atom. The van der Waals surface area contributed by atoms with Crippen LogP contribution in [0.25, 0.3) is 16.7 Å². The average molecular weight is 368 g/mol. The van der Waals surface area contributed by atoms with E-state index in [-0.39, 0.29) is 5.56 Å². The second-order valence-electron chi connectivity index (χ2n) is 6.01. The van der Waals surface area contributed by atoms with Crippen molar-refractivity contribution in [3.63, 3.8) is 0 Å². The molecular weight excluding hydrogens is 351 g/mol. The van der Waals surface area contributed by atoms with Gasteiger partial charge >= 0.3 is 0 Å². The molecule has 26 heavy (non-hydrogen) atoms. The molecule has 0 N–H and O–H groups in total. The average Bonchev–Trinajstić information content (AvgIpc) is 3.08. The predicted molar refractivity (Wildman–Crippen MR) is 101 cm³/mol. The van der Waals surface area contributed by atoms with Crippen LogP contribution in [0.1, 0.15) is 18.9 Å². The summed E-state index contributed by atoms with van der Waals surface area (Å²) in [4.78, 5) is 12.8. The third kappa shape index (κ3) is 2.88. The highest BCUT2D eigenvalue weighted by Crippen LogP contribution is 2.25. The van der Waals surface area contributed by atoms with E-state index in [4.69, 9.17) is 0 Å². The van der Waals surface area contributed by atoms with Gasteiger partial charge in [0.15, 0.2) is 5.16 Å². The van der Waals surface area contributed by atoms with Gasteiger partial charge in [-0.1, -0.05) is 49.0 Å². The third-order valence-corrected chi connectivity index (χ3v) is 5.19. The smallest absolute Gasteiger partial charge is 0.262 e. The van der Waals surface area contributed by atoms with E-state index in [0.717, 1.165) is 12.2 Å². The minimum absolute atomic E-state index is 0.235. The molecule has 0 saturated heterocycles. The molecule has 0 radical (unpaired) electrons. The summed E-state index contributed by atoms with van der Waals surface area (Å²) in [5.74, 6) is 0.798. The van der Waals surface area contributed by atoms with Gasteiger partial charge in [0.05, 0.1) is 10.9 Å². The van der Waals surface area contributed by atoms with Gasteiger partial charge in [-0.2, -0.15) is 0 Å². The molecular formula is C19H17FN4OS. The molecule has 0 bridgehead atoms. The molecule has 0 aliphatic carbocycles. The van der Waals surface area contributed by atoms with Crippen molar-refractivity contribution in [3.05, 3.63) is 70.3 Å². The molecule has 0 spiro atoms. The fraction of sp³-hybridized carbons (Fsp3) is 0.211. The van der Waals surface area contributed by atoms with Gasteiger partial charge < -0.3 is 0 Å². The van der Waals surface area contributed by atoms with Crippen LogP contribution in [0.3, 0.4) is 0 Å². The van der Waals surface area contributed by atoms with Crippen LogP contribution in [0, 0.1) is 5.82 Å². The lowest BCUT2D eigenvalue weighted by Crippen LogP contribution is -2.23. The lowest BCUT2D eigenvalue weighted by atomic mass is 10.2. The van der Waals surface area contributed by atoms with Gasteiger partial charge in [-0.3, -0.25) is 13.8 Å². The summed E-state index contributed by atoms with van der Waals surface area (Å²) in [6, 6.07) is 14.3. The van der Waals surface area contributed by atoms with Crippen LogP contribution in [-0.2, 0) is 12.3 Å². The van der Waals surface area contributed by atoms with E-state index in [1.807, 2.05) is 29.5 Å². The van der Waals surface area contributed by atoms with Crippen LogP contribution in [-0.4, -0.2) is 19.2 Å². The van der Waals surface area contributed by atoms with Crippen molar-refractivity contribution in [1.82, 2.24) is 19.2 Å². The molecule has 5 nitrogen and oxygen atoms in total. The normalized spacial score (nSPS) is 11.5. The predicted octanol–water partition coefficient (Wildman–Crippen LogP) is 3.89. The van der Waals surface area contributed by atoms with Crippen LogP contribution in [0.15, 0.2) is 58.5 Å². The summed E-state index contributed by atoms with van der Waals surface area (Å²) < 4.78 is 17.2. The molecule has 4 rings (SSSR count). The molecule has 2 aromatic heterocycles. The van der Waals surface area contributed by atoms with E-state index in [9.17, 15) is 9.18 Å². The maximum absolute atomic E-state index is 13.7. The molecule has 0 unspecified atom stereocenters. The zero-order valence-corrected chi connectivity index (χ0v) is 15.0. The Bertz CT molecular complexity index is 1140. The number of fused-ring (bicyclic) bond motifs is 3. The number of benzene rings is 2. The Hall–Kier alpha value is -2.67. The van der Waals surface area contributed by atoms with Gasteiger partial charge in [0.2, 0.25) is 5.78 Å². The second-order valence-corrected chi connectivity index (χ2v) is 6.95. The topological polar surface area (TPSA) is 52.2 Å². The highest BCUT2D eigenvalue weighted by atomic mass is 32.2. The van der Waals surface area contributed by atoms with E-state index in [1.165, 1.54) is 17.7 Å². The molecule has 2 aromatic carbocycles.